The van der Waals surface area contributed by atoms with E-state index in [4.69, 9.17) is 4.98 Å². The van der Waals surface area contributed by atoms with Crippen molar-refractivity contribution in [3.8, 4) is 10.7 Å². The van der Waals surface area contributed by atoms with Gasteiger partial charge in [0.25, 0.3) is 0 Å². The average Bonchev–Trinajstić information content (AvgIpc) is 2.89. The number of pyridine rings is 1. The van der Waals surface area contributed by atoms with E-state index < -0.39 is 0 Å². The Balaban J connectivity index is 2.16. The Hall–Kier alpha value is -1.26. The minimum atomic E-state index is 0.451. The fourth-order valence-corrected chi connectivity index (χ4v) is 3.21. The van der Waals surface area contributed by atoms with E-state index in [-0.39, 0.29) is 0 Å². The lowest BCUT2D eigenvalue weighted by Gasteiger charge is -2.06. The third-order valence-corrected chi connectivity index (χ3v) is 4.24. The van der Waals surface area contributed by atoms with Gasteiger partial charge in [-0.2, -0.15) is 0 Å². The van der Waals surface area contributed by atoms with E-state index in [1.54, 1.807) is 11.3 Å². The molecule has 0 aliphatic rings. The molecule has 2 aromatic heterocycles. The van der Waals surface area contributed by atoms with Crippen molar-refractivity contribution in [1.29, 1.82) is 0 Å². The number of hydrogen-bond donors (Lipinski definition) is 1. The molecule has 0 bridgehead atoms. The highest BCUT2D eigenvalue weighted by atomic mass is 32.1. The van der Waals surface area contributed by atoms with Gasteiger partial charge in [-0.05, 0) is 31.0 Å². The first kappa shape index (κ1) is 15.1. The molecule has 0 fully saturated rings. The Bertz CT molecular complexity index is 520. The van der Waals surface area contributed by atoms with Crippen LogP contribution in [-0.4, -0.2) is 16.5 Å². The molecule has 108 valence electrons. The molecule has 2 rings (SSSR count). The van der Waals surface area contributed by atoms with Crippen LogP contribution in [0.5, 0.6) is 0 Å². The van der Waals surface area contributed by atoms with Crippen LogP contribution in [0.3, 0.4) is 0 Å². The van der Waals surface area contributed by atoms with Gasteiger partial charge >= 0.3 is 0 Å². The molecule has 0 unspecified atom stereocenters. The first-order chi connectivity index (χ1) is 9.72. The summed E-state index contributed by atoms with van der Waals surface area (Å²) in [7, 11) is 0. The van der Waals surface area contributed by atoms with Crippen molar-refractivity contribution in [1.82, 2.24) is 15.3 Å². The second-order valence-electron chi connectivity index (χ2n) is 5.23. The first-order valence-electron chi connectivity index (χ1n) is 7.34. The lowest BCUT2D eigenvalue weighted by atomic mass is 10.1. The summed E-state index contributed by atoms with van der Waals surface area (Å²) < 4.78 is 0. The normalized spacial score (nSPS) is 11.2. The molecule has 0 aliphatic carbocycles. The second kappa shape index (κ2) is 7.50. The molecule has 0 saturated heterocycles. The van der Waals surface area contributed by atoms with Gasteiger partial charge in [0.1, 0.15) is 5.01 Å². The van der Waals surface area contributed by atoms with Gasteiger partial charge in [-0.1, -0.05) is 33.3 Å². The van der Waals surface area contributed by atoms with Crippen LogP contribution in [0.2, 0.25) is 0 Å². The van der Waals surface area contributed by atoms with Crippen LogP contribution in [0.1, 0.15) is 50.1 Å². The molecular formula is C16H23N3S. The molecule has 1 N–H and O–H groups in total. The summed E-state index contributed by atoms with van der Waals surface area (Å²) in [5, 5.41) is 4.54. The lowest BCUT2D eigenvalue weighted by molar-refractivity contribution is 0.639. The van der Waals surface area contributed by atoms with Crippen molar-refractivity contribution < 1.29 is 0 Å². The first-order valence-corrected chi connectivity index (χ1v) is 8.15. The number of aromatic nitrogens is 2. The maximum absolute atomic E-state index is 4.79. The standard InChI is InChI=1S/C16H23N3S/c1-4-5-9-17-11-14-15(12(2)3)19-16(20-14)13-8-6-7-10-18-13/h6-8,10,12,17H,4-5,9,11H2,1-3H3. The summed E-state index contributed by atoms with van der Waals surface area (Å²) in [6.07, 6.45) is 4.28. The van der Waals surface area contributed by atoms with Crippen molar-refractivity contribution in [3.63, 3.8) is 0 Å². The number of hydrogen-bond acceptors (Lipinski definition) is 4. The largest absolute Gasteiger partial charge is 0.312 e. The van der Waals surface area contributed by atoms with Crippen LogP contribution in [0.15, 0.2) is 24.4 Å². The van der Waals surface area contributed by atoms with Gasteiger partial charge in [0, 0.05) is 17.6 Å². The van der Waals surface area contributed by atoms with E-state index in [2.05, 4.69) is 31.1 Å². The number of rotatable bonds is 7. The summed E-state index contributed by atoms with van der Waals surface area (Å²) in [6, 6.07) is 5.98. The van der Waals surface area contributed by atoms with Gasteiger partial charge in [-0.15, -0.1) is 11.3 Å². The molecule has 0 aliphatic heterocycles. The van der Waals surface area contributed by atoms with Crippen LogP contribution in [-0.2, 0) is 6.54 Å². The molecule has 2 aromatic rings. The van der Waals surface area contributed by atoms with Gasteiger partial charge in [0.15, 0.2) is 0 Å². The fraction of sp³-hybridized carbons (Fsp3) is 0.500. The van der Waals surface area contributed by atoms with Gasteiger partial charge < -0.3 is 5.32 Å². The topological polar surface area (TPSA) is 37.8 Å². The van der Waals surface area contributed by atoms with Crippen LogP contribution < -0.4 is 5.32 Å². The Morgan fingerprint density at radius 3 is 2.80 bits per heavy atom. The Kier molecular flexibility index (Phi) is 5.68. The smallest absolute Gasteiger partial charge is 0.142 e. The van der Waals surface area contributed by atoms with E-state index >= 15 is 0 Å². The van der Waals surface area contributed by atoms with E-state index in [0.717, 1.165) is 23.8 Å². The fourth-order valence-electron chi connectivity index (χ4n) is 2.04. The van der Waals surface area contributed by atoms with E-state index in [1.807, 2.05) is 24.4 Å². The molecule has 20 heavy (non-hydrogen) atoms. The summed E-state index contributed by atoms with van der Waals surface area (Å²) in [5.41, 5.74) is 2.18. The van der Waals surface area contributed by atoms with Crippen molar-refractivity contribution in [3.05, 3.63) is 35.0 Å². The Labute approximate surface area is 125 Å². The molecular weight excluding hydrogens is 266 g/mol. The SMILES string of the molecule is CCCCNCc1sc(-c2ccccn2)nc1C(C)C. The lowest BCUT2D eigenvalue weighted by Crippen LogP contribution is -2.14. The van der Waals surface area contributed by atoms with Gasteiger partial charge in [0.2, 0.25) is 0 Å². The summed E-state index contributed by atoms with van der Waals surface area (Å²) in [4.78, 5) is 10.5. The van der Waals surface area contributed by atoms with Crippen LogP contribution in [0.4, 0.5) is 0 Å². The molecule has 4 heteroatoms. The van der Waals surface area contributed by atoms with Crippen molar-refractivity contribution in [2.24, 2.45) is 0 Å². The second-order valence-corrected chi connectivity index (χ2v) is 6.31. The van der Waals surface area contributed by atoms with Crippen molar-refractivity contribution in [2.75, 3.05) is 6.54 Å². The minimum Gasteiger partial charge on any atom is -0.312 e. The van der Waals surface area contributed by atoms with Gasteiger partial charge in [-0.25, -0.2) is 4.98 Å². The number of nitrogens with zero attached hydrogens (tertiary/aromatic N) is 2. The molecule has 2 heterocycles. The zero-order valence-corrected chi connectivity index (χ0v) is 13.3. The van der Waals surface area contributed by atoms with E-state index in [1.165, 1.54) is 23.4 Å². The van der Waals surface area contributed by atoms with Gasteiger partial charge in [0.05, 0.1) is 11.4 Å². The Morgan fingerprint density at radius 2 is 2.15 bits per heavy atom. The zero-order valence-electron chi connectivity index (χ0n) is 12.5. The van der Waals surface area contributed by atoms with Crippen molar-refractivity contribution >= 4 is 11.3 Å². The van der Waals surface area contributed by atoms with Crippen LogP contribution >= 0.6 is 11.3 Å². The minimum absolute atomic E-state index is 0.451. The van der Waals surface area contributed by atoms with E-state index in [0.29, 0.717) is 5.92 Å². The predicted molar refractivity (Wildman–Crippen MR) is 86.0 cm³/mol. The van der Waals surface area contributed by atoms with Crippen LogP contribution in [0, 0.1) is 0 Å². The van der Waals surface area contributed by atoms with Crippen LogP contribution in [0.25, 0.3) is 10.7 Å². The van der Waals surface area contributed by atoms with Gasteiger partial charge in [-0.3, -0.25) is 4.98 Å². The maximum atomic E-state index is 4.79. The highest BCUT2D eigenvalue weighted by molar-refractivity contribution is 7.15. The molecule has 0 radical (unpaired) electrons. The van der Waals surface area contributed by atoms with E-state index in [9.17, 15) is 0 Å². The molecule has 3 nitrogen and oxygen atoms in total. The predicted octanol–water partition coefficient (Wildman–Crippen LogP) is 4.22. The van der Waals surface area contributed by atoms with Crippen molar-refractivity contribution in [2.45, 2.75) is 46.1 Å². The quantitative estimate of drug-likeness (QED) is 0.776. The highest BCUT2D eigenvalue weighted by Crippen LogP contribution is 2.30. The number of unbranched alkanes of at least 4 members (excludes halogenated alkanes) is 1. The maximum Gasteiger partial charge on any atom is 0.142 e. The summed E-state index contributed by atoms with van der Waals surface area (Å²) >= 11 is 1.76. The number of nitrogens with one attached hydrogen (secondary N) is 1. The summed E-state index contributed by atoms with van der Waals surface area (Å²) in [5.74, 6) is 0.451. The molecule has 0 aromatic carbocycles. The molecule has 0 spiro atoms. The molecule has 0 amide bonds. The monoisotopic (exact) mass is 289 g/mol. The zero-order chi connectivity index (χ0) is 14.4. The number of thiazole rings is 1. The molecule has 0 saturated carbocycles. The summed E-state index contributed by atoms with van der Waals surface area (Å²) in [6.45, 7) is 8.61. The average molecular weight is 289 g/mol. The highest BCUT2D eigenvalue weighted by Gasteiger charge is 2.15. The third kappa shape index (κ3) is 3.87. The third-order valence-electron chi connectivity index (χ3n) is 3.15. The Morgan fingerprint density at radius 1 is 1.30 bits per heavy atom. The molecule has 0 atom stereocenters.